The number of ether oxygens (including phenoxy) is 2. The van der Waals surface area contributed by atoms with Gasteiger partial charge in [-0.3, -0.25) is 0 Å². The van der Waals surface area contributed by atoms with E-state index in [1.807, 2.05) is 54.6 Å². The van der Waals surface area contributed by atoms with Crippen LogP contribution in [0.4, 0.5) is 4.79 Å². The fourth-order valence-electron chi connectivity index (χ4n) is 2.74. The molecule has 1 atom stereocenters. The molecule has 170 valence electrons. The van der Waals surface area contributed by atoms with Gasteiger partial charge in [0, 0.05) is 17.7 Å². The Hall–Kier alpha value is -3.50. The Bertz CT molecular complexity index is 942. The quantitative estimate of drug-likeness (QED) is 0.409. The lowest BCUT2D eigenvalue weighted by atomic mass is 10.1. The minimum Gasteiger partial charge on any atom is -0.481 e. The average molecular weight is 439 g/mol. The third-order valence-corrected chi connectivity index (χ3v) is 4.19. The monoisotopic (exact) mass is 438 g/mol. The molecule has 0 bridgehead atoms. The Morgan fingerprint density at radius 3 is 2.44 bits per heavy atom. The van der Waals surface area contributed by atoms with E-state index in [0.29, 0.717) is 18.8 Å². The molecule has 0 aliphatic heterocycles. The van der Waals surface area contributed by atoms with Crippen molar-refractivity contribution in [2.45, 2.75) is 45.4 Å². The number of carbonyl (C=O) groups is 2. The lowest BCUT2D eigenvalue weighted by molar-refractivity contribution is -0.139. The van der Waals surface area contributed by atoms with Crippen LogP contribution in [0, 0.1) is 11.8 Å². The number of rotatable bonds is 9. The van der Waals surface area contributed by atoms with Gasteiger partial charge in [0.1, 0.15) is 24.0 Å². The zero-order valence-corrected chi connectivity index (χ0v) is 18.7. The normalized spacial score (nSPS) is 11.6. The number of amides is 1. The highest BCUT2D eigenvalue weighted by Crippen LogP contribution is 2.17. The molecule has 2 aromatic rings. The van der Waals surface area contributed by atoms with Gasteiger partial charge >= 0.3 is 12.1 Å². The summed E-state index contributed by atoms with van der Waals surface area (Å²) in [5, 5.41) is 14.9. The second kappa shape index (κ2) is 12.4. The molecule has 0 aliphatic rings. The molecule has 0 unspecified atom stereocenters. The predicted octanol–water partition coefficient (Wildman–Crippen LogP) is 3.57. The van der Waals surface area contributed by atoms with Gasteiger partial charge in [-0.15, -0.1) is 0 Å². The van der Waals surface area contributed by atoms with Crippen LogP contribution in [-0.4, -0.2) is 42.0 Å². The van der Waals surface area contributed by atoms with Crippen molar-refractivity contribution in [1.29, 1.82) is 0 Å². The Morgan fingerprint density at radius 2 is 1.75 bits per heavy atom. The molecule has 2 aromatic carbocycles. The van der Waals surface area contributed by atoms with Crippen molar-refractivity contribution < 1.29 is 24.2 Å². The van der Waals surface area contributed by atoms with E-state index >= 15 is 0 Å². The van der Waals surface area contributed by atoms with Crippen LogP contribution < -0.4 is 15.4 Å². The summed E-state index contributed by atoms with van der Waals surface area (Å²) in [7, 11) is 0. The molecule has 3 N–H and O–H groups in total. The van der Waals surface area contributed by atoms with Crippen molar-refractivity contribution in [3.63, 3.8) is 0 Å². The number of benzene rings is 2. The van der Waals surface area contributed by atoms with E-state index in [2.05, 4.69) is 22.5 Å². The molecule has 0 aliphatic carbocycles. The highest BCUT2D eigenvalue weighted by atomic mass is 16.6. The molecule has 0 heterocycles. The van der Waals surface area contributed by atoms with Crippen molar-refractivity contribution in [1.82, 2.24) is 10.6 Å². The number of carboxylic acids is 1. The first kappa shape index (κ1) is 24.8. The zero-order valence-electron chi connectivity index (χ0n) is 18.7. The number of hydrogen-bond acceptors (Lipinski definition) is 5. The van der Waals surface area contributed by atoms with Gasteiger partial charge in [-0.05, 0) is 51.9 Å². The lowest BCUT2D eigenvalue weighted by Crippen LogP contribution is -2.44. The first-order chi connectivity index (χ1) is 15.2. The van der Waals surface area contributed by atoms with Gasteiger partial charge in [0.25, 0.3) is 0 Å². The molecule has 0 aromatic heterocycles. The highest BCUT2D eigenvalue weighted by molar-refractivity contribution is 5.80. The van der Waals surface area contributed by atoms with Crippen LogP contribution >= 0.6 is 0 Å². The van der Waals surface area contributed by atoms with Gasteiger partial charge in [0.15, 0.2) is 0 Å². The van der Waals surface area contributed by atoms with E-state index < -0.39 is 23.7 Å². The maximum absolute atomic E-state index is 11.8. The Kier molecular flexibility index (Phi) is 9.58. The second-order valence-electron chi connectivity index (χ2n) is 8.07. The molecule has 7 heteroatoms. The predicted molar refractivity (Wildman–Crippen MR) is 122 cm³/mol. The maximum Gasteiger partial charge on any atom is 0.408 e. The van der Waals surface area contributed by atoms with E-state index in [1.165, 1.54) is 0 Å². The first-order valence-corrected chi connectivity index (χ1v) is 10.4. The SMILES string of the molecule is CC(C)(C)OC(=O)N[C@@H](CCNCc1ccccc1OCC#Cc1ccccc1)C(=O)O. The van der Waals surface area contributed by atoms with E-state index in [4.69, 9.17) is 9.47 Å². The van der Waals surface area contributed by atoms with Crippen LogP contribution in [0.5, 0.6) is 5.75 Å². The Morgan fingerprint density at radius 1 is 1.06 bits per heavy atom. The summed E-state index contributed by atoms with van der Waals surface area (Å²) in [5.74, 6) is 5.64. The van der Waals surface area contributed by atoms with E-state index in [0.717, 1.165) is 11.1 Å². The van der Waals surface area contributed by atoms with Crippen LogP contribution in [0.2, 0.25) is 0 Å². The molecule has 0 fully saturated rings. The standard InChI is InChI=1S/C25H30N2O5/c1-25(2,3)32-24(30)27-21(23(28)29)15-16-26-18-20-13-7-8-14-22(20)31-17-9-12-19-10-5-4-6-11-19/h4-8,10-11,13-14,21,26H,15-18H2,1-3H3,(H,27,30)(H,28,29)/t21-/m0/s1. The molecule has 2 rings (SSSR count). The highest BCUT2D eigenvalue weighted by Gasteiger charge is 2.23. The summed E-state index contributed by atoms with van der Waals surface area (Å²) in [6, 6.07) is 16.2. The summed E-state index contributed by atoms with van der Waals surface area (Å²) in [6.45, 7) is 6.28. The van der Waals surface area contributed by atoms with Gasteiger partial charge in [-0.2, -0.15) is 0 Å². The number of carboxylic acid groups (broad SMARTS) is 1. The largest absolute Gasteiger partial charge is 0.481 e. The first-order valence-electron chi connectivity index (χ1n) is 10.4. The van der Waals surface area contributed by atoms with Gasteiger partial charge in [-0.25, -0.2) is 9.59 Å². The molecule has 1 amide bonds. The van der Waals surface area contributed by atoms with Crippen molar-refractivity contribution in [2.24, 2.45) is 0 Å². The summed E-state index contributed by atoms with van der Waals surface area (Å²) in [6.07, 6.45) is -0.541. The molecule has 0 radical (unpaired) electrons. The van der Waals surface area contributed by atoms with Gasteiger partial charge in [-0.1, -0.05) is 48.2 Å². The van der Waals surface area contributed by atoms with E-state index in [9.17, 15) is 14.7 Å². The third-order valence-electron chi connectivity index (χ3n) is 4.19. The topological polar surface area (TPSA) is 96.9 Å². The van der Waals surface area contributed by atoms with Crippen LogP contribution in [0.15, 0.2) is 54.6 Å². The Balaban J connectivity index is 1.81. The van der Waals surface area contributed by atoms with Gasteiger partial charge in [0.05, 0.1) is 0 Å². The van der Waals surface area contributed by atoms with Gasteiger partial charge in [0.2, 0.25) is 0 Å². The number of aliphatic carboxylic acids is 1. The Labute approximate surface area is 189 Å². The fourth-order valence-corrected chi connectivity index (χ4v) is 2.74. The maximum atomic E-state index is 11.8. The molecule has 32 heavy (non-hydrogen) atoms. The van der Waals surface area contributed by atoms with E-state index in [-0.39, 0.29) is 13.0 Å². The van der Waals surface area contributed by atoms with Crippen molar-refractivity contribution in [3.05, 3.63) is 65.7 Å². The average Bonchev–Trinajstić information content (AvgIpc) is 2.73. The summed E-state index contributed by atoms with van der Waals surface area (Å²) < 4.78 is 10.9. The van der Waals surface area contributed by atoms with Crippen LogP contribution in [0.25, 0.3) is 0 Å². The molecular formula is C25H30N2O5. The van der Waals surface area contributed by atoms with Crippen LogP contribution in [0.3, 0.4) is 0 Å². The summed E-state index contributed by atoms with van der Waals surface area (Å²) in [5.41, 5.74) is 1.17. The number of para-hydroxylation sites is 1. The van der Waals surface area contributed by atoms with Crippen molar-refractivity contribution >= 4 is 12.1 Å². The minimum atomic E-state index is -1.11. The molecule has 0 saturated heterocycles. The second-order valence-corrected chi connectivity index (χ2v) is 8.07. The summed E-state index contributed by atoms with van der Waals surface area (Å²) in [4.78, 5) is 23.3. The molecule has 0 saturated carbocycles. The van der Waals surface area contributed by atoms with Crippen molar-refractivity contribution in [2.75, 3.05) is 13.2 Å². The zero-order chi connectivity index (χ0) is 23.4. The lowest BCUT2D eigenvalue weighted by Gasteiger charge is -2.22. The molecule has 0 spiro atoms. The number of alkyl carbamates (subject to hydrolysis) is 1. The number of nitrogens with one attached hydrogen (secondary N) is 2. The van der Waals surface area contributed by atoms with Crippen LogP contribution in [0.1, 0.15) is 38.3 Å². The smallest absolute Gasteiger partial charge is 0.408 e. The third kappa shape index (κ3) is 9.54. The van der Waals surface area contributed by atoms with Gasteiger partial charge < -0.3 is 25.2 Å². The molecular weight excluding hydrogens is 408 g/mol. The van der Waals surface area contributed by atoms with Crippen LogP contribution in [-0.2, 0) is 16.1 Å². The summed E-state index contributed by atoms with van der Waals surface area (Å²) >= 11 is 0. The molecule has 7 nitrogen and oxygen atoms in total. The van der Waals surface area contributed by atoms with E-state index in [1.54, 1.807) is 20.8 Å². The number of carbonyl (C=O) groups excluding carboxylic acids is 1. The number of hydrogen-bond donors (Lipinski definition) is 3. The fraction of sp³-hybridized carbons (Fsp3) is 0.360. The van der Waals surface area contributed by atoms with Crippen molar-refractivity contribution in [3.8, 4) is 17.6 Å². The minimum absolute atomic E-state index is 0.208.